The van der Waals surface area contributed by atoms with Crippen LogP contribution in [0.15, 0.2) is 60.7 Å². The Bertz CT molecular complexity index is 1060. The summed E-state index contributed by atoms with van der Waals surface area (Å²) in [7, 11) is 1.62. The SMILES string of the molecule is Cc1ccc(C(F)(F)F)cc1N(C)c1ccc(NC(=O)c2c(F)cccc2F)cc1. The highest BCUT2D eigenvalue weighted by Crippen LogP contribution is 2.35. The van der Waals surface area contributed by atoms with Crippen LogP contribution in [-0.2, 0) is 6.18 Å². The topological polar surface area (TPSA) is 32.3 Å². The van der Waals surface area contributed by atoms with Crippen LogP contribution in [-0.4, -0.2) is 13.0 Å². The molecule has 0 bridgehead atoms. The van der Waals surface area contributed by atoms with Gasteiger partial charge >= 0.3 is 6.18 Å². The smallest absolute Gasteiger partial charge is 0.344 e. The van der Waals surface area contributed by atoms with Gasteiger partial charge in [0.05, 0.1) is 5.56 Å². The minimum atomic E-state index is -4.46. The van der Waals surface area contributed by atoms with Gasteiger partial charge in [-0.3, -0.25) is 4.79 Å². The van der Waals surface area contributed by atoms with Gasteiger partial charge in [-0.2, -0.15) is 13.2 Å². The van der Waals surface area contributed by atoms with Crippen LogP contribution >= 0.6 is 0 Å². The third-order valence-corrected chi connectivity index (χ3v) is 4.60. The molecule has 1 N–H and O–H groups in total. The van der Waals surface area contributed by atoms with E-state index >= 15 is 0 Å². The number of alkyl halides is 3. The number of benzene rings is 3. The molecule has 0 aliphatic carbocycles. The number of halogens is 5. The summed E-state index contributed by atoms with van der Waals surface area (Å²) in [6.07, 6.45) is -4.46. The Morgan fingerprint density at radius 1 is 0.933 bits per heavy atom. The first-order valence-corrected chi connectivity index (χ1v) is 8.85. The Morgan fingerprint density at radius 3 is 2.10 bits per heavy atom. The van der Waals surface area contributed by atoms with Gasteiger partial charge in [0.2, 0.25) is 0 Å². The minimum Gasteiger partial charge on any atom is -0.344 e. The molecular formula is C22H17F5N2O. The molecule has 0 aliphatic heterocycles. The molecule has 0 radical (unpaired) electrons. The monoisotopic (exact) mass is 420 g/mol. The molecule has 30 heavy (non-hydrogen) atoms. The third-order valence-electron chi connectivity index (χ3n) is 4.60. The van der Waals surface area contributed by atoms with Gasteiger partial charge in [0, 0.05) is 24.1 Å². The fraction of sp³-hybridized carbons (Fsp3) is 0.136. The maximum Gasteiger partial charge on any atom is 0.416 e. The second-order valence-corrected chi connectivity index (χ2v) is 6.66. The summed E-state index contributed by atoms with van der Waals surface area (Å²) in [5, 5.41) is 2.40. The average Bonchev–Trinajstić information content (AvgIpc) is 2.67. The quantitative estimate of drug-likeness (QED) is 0.502. The molecule has 0 unspecified atom stereocenters. The first-order valence-electron chi connectivity index (χ1n) is 8.85. The second-order valence-electron chi connectivity index (χ2n) is 6.66. The van der Waals surface area contributed by atoms with E-state index in [-0.39, 0.29) is 5.69 Å². The molecule has 3 aromatic rings. The summed E-state index contributed by atoms with van der Waals surface area (Å²) in [5.74, 6) is -2.91. The molecule has 156 valence electrons. The van der Waals surface area contributed by atoms with Crippen molar-refractivity contribution in [2.45, 2.75) is 13.1 Å². The first-order chi connectivity index (χ1) is 14.1. The molecule has 3 aromatic carbocycles. The maximum absolute atomic E-state index is 13.7. The number of carbonyl (C=O) groups is 1. The summed E-state index contributed by atoms with van der Waals surface area (Å²) in [5.41, 5.74) is 0.407. The van der Waals surface area contributed by atoms with Gasteiger partial charge in [-0.15, -0.1) is 0 Å². The van der Waals surface area contributed by atoms with Crippen molar-refractivity contribution in [1.29, 1.82) is 0 Å². The molecule has 0 fully saturated rings. The molecule has 0 heterocycles. The minimum absolute atomic E-state index is 0.278. The summed E-state index contributed by atoms with van der Waals surface area (Å²) >= 11 is 0. The molecule has 0 atom stereocenters. The predicted molar refractivity (Wildman–Crippen MR) is 105 cm³/mol. The standard InChI is InChI=1S/C22H17F5N2O/c1-13-6-7-14(22(25,26)27)12-19(13)29(2)16-10-8-15(9-11-16)28-21(30)20-17(23)4-3-5-18(20)24/h3-12H,1-2H3,(H,28,30). The average molecular weight is 420 g/mol. The van der Waals surface area contributed by atoms with Crippen LogP contribution in [0.2, 0.25) is 0 Å². The van der Waals surface area contributed by atoms with Crippen molar-refractivity contribution < 1.29 is 26.7 Å². The molecule has 0 spiro atoms. The largest absolute Gasteiger partial charge is 0.416 e. The van der Waals surface area contributed by atoms with Crippen LogP contribution < -0.4 is 10.2 Å². The van der Waals surface area contributed by atoms with Crippen molar-refractivity contribution >= 4 is 23.0 Å². The molecule has 3 nitrogen and oxygen atoms in total. The first kappa shape index (κ1) is 21.3. The Hall–Kier alpha value is -3.42. The lowest BCUT2D eigenvalue weighted by atomic mass is 10.1. The lowest BCUT2D eigenvalue weighted by molar-refractivity contribution is -0.137. The summed E-state index contributed by atoms with van der Waals surface area (Å²) in [4.78, 5) is 13.7. The molecular weight excluding hydrogens is 403 g/mol. The Balaban J connectivity index is 1.81. The van der Waals surface area contributed by atoms with Crippen LogP contribution in [0.5, 0.6) is 0 Å². The number of amides is 1. The van der Waals surface area contributed by atoms with Crippen LogP contribution in [0, 0.1) is 18.6 Å². The third kappa shape index (κ3) is 4.42. The molecule has 0 aliphatic rings. The number of anilines is 3. The summed E-state index contributed by atoms with van der Waals surface area (Å²) in [6.45, 7) is 1.70. The van der Waals surface area contributed by atoms with Gasteiger partial charge in [0.1, 0.15) is 17.2 Å². The van der Waals surface area contributed by atoms with Crippen molar-refractivity contribution in [3.05, 3.63) is 89.0 Å². The Morgan fingerprint density at radius 2 is 1.53 bits per heavy atom. The van der Waals surface area contributed by atoms with Gasteiger partial charge in [0.25, 0.3) is 5.91 Å². The van der Waals surface area contributed by atoms with E-state index in [1.807, 2.05) is 0 Å². The van der Waals surface area contributed by atoms with E-state index in [0.29, 0.717) is 16.9 Å². The van der Waals surface area contributed by atoms with E-state index in [0.717, 1.165) is 30.3 Å². The van der Waals surface area contributed by atoms with Crippen molar-refractivity contribution in [3.63, 3.8) is 0 Å². The number of aryl methyl sites for hydroxylation is 1. The van der Waals surface area contributed by atoms with Crippen molar-refractivity contribution in [2.75, 3.05) is 17.3 Å². The van der Waals surface area contributed by atoms with E-state index in [2.05, 4.69) is 5.32 Å². The Labute approximate surface area is 169 Å². The van der Waals surface area contributed by atoms with Crippen LogP contribution in [0.25, 0.3) is 0 Å². The fourth-order valence-corrected chi connectivity index (χ4v) is 2.96. The van der Waals surface area contributed by atoms with Crippen LogP contribution in [0.1, 0.15) is 21.5 Å². The number of hydrogen-bond donors (Lipinski definition) is 1. The molecule has 8 heteroatoms. The lowest BCUT2D eigenvalue weighted by Crippen LogP contribution is -2.16. The lowest BCUT2D eigenvalue weighted by Gasteiger charge is -2.23. The second kappa shape index (κ2) is 8.14. The van der Waals surface area contributed by atoms with E-state index in [1.165, 1.54) is 18.2 Å². The van der Waals surface area contributed by atoms with Crippen LogP contribution in [0.4, 0.5) is 39.0 Å². The predicted octanol–water partition coefficient (Wildman–Crippen LogP) is 6.31. The maximum atomic E-state index is 13.7. The van der Waals surface area contributed by atoms with E-state index in [1.54, 1.807) is 31.0 Å². The van der Waals surface area contributed by atoms with Crippen LogP contribution in [0.3, 0.4) is 0 Å². The van der Waals surface area contributed by atoms with Gasteiger partial charge in [0.15, 0.2) is 0 Å². The zero-order valence-corrected chi connectivity index (χ0v) is 16.0. The van der Waals surface area contributed by atoms with Gasteiger partial charge in [-0.1, -0.05) is 12.1 Å². The number of carbonyl (C=O) groups excluding carboxylic acids is 1. The molecule has 0 aromatic heterocycles. The molecule has 0 saturated heterocycles. The molecule has 1 amide bonds. The van der Waals surface area contributed by atoms with E-state index in [4.69, 9.17) is 0 Å². The fourth-order valence-electron chi connectivity index (χ4n) is 2.96. The number of hydrogen-bond acceptors (Lipinski definition) is 2. The number of nitrogens with one attached hydrogen (secondary N) is 1. The normalized spacial score (nSPS) is 11.3. The highest BCUT2D eigenvalue weighted by Gasteiger charge is 2.31. The summed E-state index contributed by atoms with van der Waals surface area (Å²) < 4.78 is 66.5. The number of nitrogens with zero attached hydrogens (tertiary/aromatic N) is 1. The number of rotatable bonds is 4. The van der Waals surface area contributed by atoms with E-state index < -0.39 is 34.8 Å². The van der Waals surface area contributed by atoms with E-state index in [9.17, 15) is 26.7 Å². The van der Waals surface area contributed by atoms with Crippen molar-refractivity contribution in [3.8, 4) is 0 Å². The zero-order valence-electron chi connectivity index (χ0n) is 16.0. The van der Waals surface area contributed by atoms with Gasteiger partial charge in [-0.05, 0) is 61.0 Å². The summed E-state index contributed by atoms with van der Waals surface area (Å²) in [6, 6.07) is 12.7. The van der Waals surface area contributed by atoms with Crippen molar-refractivity contribution in [2.24, 2.45) is 0 Å². The van der Waals surface area contributed by atoms with Gasteiger partial charge in [-0.25, -0.2) is 8.78 Å². The molecule has 3 rings (SSSR count). The van der Waals surface area contributed by atoms with Gasteiger partial charge < -0.3 is 10.2 Å². The zero-order chi connectivity index (χ0) is 22.1. The van der Waals surface area contributed by atoms with Crippen molar-refractivity contribution in [1.82, 2.24) is 0 Å². The highest BCUT2D eigenvalue weighted by atomic mass is 19.4. The highest BCUT2D eigenvalue weighted by molar-refractivity contribution is 6.04. The molecule has 0 saturated carbocycles. The Kier molecular flexibility index (Phi) is 5.78.